The molecule has 0 N–H and O–H groups in total. The molecule has 130 valence electrons. The van der Waals surface area contributed by atoms with Crippen molar-refractivity contribution in [2.24, 2.45) is 0 Å². The third-order valence-electron chi connectivity index (χ3n) is 4.18. The smallest absolute Gasteiger partial charge is 0.191 e. The maximum absolute atomic E-state index is 13.5. The molecule has 5 nitrogen and oxygen atoms in total. The van der Waals surface area contributed by atoms with Gasteiger partial charge in [0.2, 0.25) is 0 Å². The fourth-order valence-corrected chi connectivity index (χ4v) is 3.68. The Kier molecular flexibility index (Phi) is 4.48. The number of thioether (sulfide) groups is 1. The zero-order valence-electron chi connectivity index (χ0n) is 13.8. The molecule has 1 saturated carbocycles. The van der Waals surface area contributed by atoms with Crippen molar-refractivity contribution >= 4 is 11.8 Å². The van der Waals surface area contributed by atoms with Crippen LogP contribution in [0.4, 0.5) is 4.39 Å². The van der Waals surface area contributed by atoms with Gasteiger partial charge in [0, 0.05) is 17.2 Å². The topological polar surface area (TPSA) is 53.1 Å². The van der Waals surface area contributed by atoms with Crippen LogP contribution in [0, 0.1) is 5.82 Å². The second kappa shape index (κ2) is 6.92. The molecule has 0 aliphatic heterocycles. The van der Waals surface area contributed by atoms with Crippen molar-refractivity contribution in [2.75, 3.05) is 7.11 Å². The number of benzene rings is 1. The normalized spacial score (nSPS) is 14.0. The number of rotatable bonds is 7. The summed E-state index contributed by atoms with van der Waals surface area (Å²) < 4.78 is 26.4. The molecule has 2 heterocycles. The number of hydrogen-bond acceptors (Lipinski definition) is 5. The molecule has 1 aliphatic rings. The number of aromatic nitrogens is 3. The largest absolute Gasteiger partial charge is 0.496 e. The molecule has 0 atom stereocenters. The highest BCUT2D eigenvalue weighted by Crippen LogP contribution is 2.40. The van der Waals surface area contributed by atoms with Gasteiger partial charge in [0.15, 0.2) is 5.16 Å². The average Bonchev–Trinajstić information content (AvgIpc) is 3.18. The summed E-state index contributed by atoms with van der Waals surface area (Å²) in [6.07, 6.45) is 3.97. The number of nitrogens with zero attached hydrogens (tertiary/aromatic N) is 3. The van der Waals surface area contributed by atoms with Crippen LogP contribution in [0.2, 0.25) is 0 Å². The van der Waals surface area contributed by atoms with E-state index in [0.29, 0.717) is 24.0 Å². The van der Waals surface area contributed by atoms with Gasteiger partial charge in [0.1, 0.15) is 23.2 Å². The highest BCUT2D eigenvalue weighted by Gasteiger charge is 2.30. The Morgan fingerprint density at radius 2 is 2.20 bits per heavy atom. The minimum absolute atomic E-state index is 0.271. The minimum Gasteiger partial charge on any atom is -0.496 e. The van der Waals surface area contributed by atoms with Gasteiger partial charge in [-0.1, -0.05) is 11.8 Å². The van der Waals surface area contributed by atoms with Crippen LogP contribution in [0.3, 0.4) is 0 Å². The van der Waals surface area contributed by atoms with Gasteiger partial charge in [-0.05, 0) is 43.2 Å². The van der Waals surface area contributed by atoms with Crippen molar-refractivity contribution in [1.29, 1.82) is 0 Å². The molecule has 4 rings (SSSR count). The van der Waals surface area contributed by atoms with Crippen molar-refractivity contribution in [3.8, 4) is 5.75 Å². The van der Waals surface area contributed by atoms with Crippen molar-refractivity contribution in [3.05, 3.63) is 59.6 Å². The van der Waals surface area contributed by atoms with Gasteiger partial charge in [0.05, 0.1) is 19.9 Å². The highest BCUT2D eigenvalue weighted by atomic mass is 32.2. The first-order chi connectivity index (χ1) is 12.2. The molecule has 1 aliphatic carbocycles. The van der Waals surface area contributed by atoms with E-state index in [0.717, 1.165) is 35.1 Å². The predicted octanol–water partition coefficient (Wildman–Crippen LogP) is 4.24. The molecule has 0 spiro atoms. The van der Waals surface area contributed by atoms with Crippen LogP contribution in [0.1, 0.15) is 35.9 Å². The Bertz CT molecular complexity index is 859. The lowest BCUT2D eigenvalue weighted by Gasteiger charge is -2.10. The van der Waals surface area contributed by atoms with Gasteiger partial charge in [-0.3, -0.25) is 4.57 Å². The van der Waals surface area contributed by atoms with Crippen LogP contribution in [-0.4, -0.2) is 21.9 Å². The van der Waals surface area contributed by atoms with E-state index < -0.39 is 0 Å². The number of halogens is 1. The molecule has 0 unspecified atom stereocenters. The van der Waals surface area contributed by atoms with Gasteiger partial charge in [-0.2, -0.15) is 0 Å². The lowest BCUT2D eigenvalue weighted by Crippen LogP contribution is -2.05. The third-order valence-corrected chi connectivity index (χ3v) is 5.20. The first-order valence-corrected chi connectivity index (χ1v) is 9.14. The summed E-state index contributed by atoms with van der Waals surface area (Å²) in [5, 5.41) is 9.54. The summed E-state index contributed by atoms with van der Waals surface area (Å²) in [4.78, 5) is 0. The predicted molar refractivity (Wildman–Crippen MR) is 92.3 cm³/mol. The van der Waals surface area contributed by atoms with Crippen LogP contribution >= 0.6 is 11.8 Å². The number of ether oxygens (including phenoxy) is 1. The SMILES string of the molecule is COc1ccc(F)cc1CSc1nnc(C2CC2)n1Cc1ccco1. The van der Waals surface area contributed by atoms with Crippen LogP contribution in [0.15, 0.2) is 46.2 Å². The lowest BCUT2D eigenvalue weighted by molar-refractivity contribution is 0.410. The molecular weight excluding hydrogens is 341 g/mol. The van der Waals surface area contributed by atoms with Crippen molar-refractivity contribution in [1.82, 2.24) is 14.8 Å². The summed E-state index contributed by atoms with van der Waals surface area (Å²) in [7, 11) is 1.59. The van der Waals surface area contributed by atoms with Gasteiger partial charge in [0.25, 0.3) is 0 Å². The Labute approximate surface area is 149 Å². The minimum atomic E-state index is -0.271. The fourth-order valence-electron chi connectivity index (χ4n) is 2.76. The first kappa shape index (κ1) is 16.2. The molecule has 1 aromatic carbocycles. The molecule has 25 heavy (non-hydrogen) atoms. The Morgan fingerprint density at radius 1 is 1.32 bits per heavy atom. The first-order valence-electron chi connectivity index (χ1n) is 8.15. The molecule has 2 aromatic heterocycles. The van der Waals surface area contributed by atoms with E-state index in [9.17, 15) is 4.39 Å². The van der Waals surface area contributed by atoms with E-state index in [-0.39, 0.29) is 5.82 Å². The summed E-state index contributed by atoms with van der Waals surface area (Å²) in [6, 6.07) is 8.37. The zero-order valence-corrected chi connectivity index (χ0v) is 14.6. The van der Waals surface area contributed by atoms with Crippen LogP contribution in [-0.2, 0) is 12.3 Å². The Balaban J connectivity index is 1.57. The van der Waals surface area contributed by atoms with Crippen LogP contribution in [0.25, 0.3) is 0 Å². The zero-order chi connectivity index (χ0) is 17.2. The highest BCUT2D eigenvalue weighted by molar-refractivity contribution is 7.98. The quantitative estimate of drug-likeness (QED) is 0.591. The maximum atomic E-state index is 13.5. The molecular formula is C18H18FN3O2S. The molecule has 0 bridgehead atoms. The second-order valence-corrected chi connectivity index (χ2v) is 6.97. The monoisotopic (exact) mass is 359 g/mol. The Morgan fingerprint density at radius 3 is 2.92 bits per heavy atom. The maximum Gasteiger partial charge on any atom is 0.191 e. The summed E-state index contributed by atoms with van der Waals surface area (Å²) in [5.41, 5.74) is 0.799. The van der Waals surface area contributed by atoms with E-state index >= 15 is 0 Å². The standard InChI is InChI=1S/C18H18FN3O2S/c1-23-16-7-6-14(19)9-13(16)11-25-18-21-20-17(12-4-5-12)22(18)10-15-3-2-8-24-15/h2-3,6-9,12H,4-5,10-11H2,1H3. The van der Waals surface area contributed by atoms with Gasteiger partial charge < -0.3 is 9.15 Å². The van der Waals surface area contributed by atoms with E-state index in [1.54, 1.807) is 19.4 Å². The van der Waals surface area contributed by atoms with Crippen molar-refractivity contribution in [3.63, 3.8) is 0 Å². The van der Waals surface area contributed by atoms with E-state index in [1.165, 1.54) is 23.9 Å². The van der Waals surface area contributed by atoms with E-state index in [2.05, 4.69) is 14.8 Å². The number of furan rings is 1. The van der Waals surface area contributed by atoms with Gasteiger partial charge in [-0.25, -0.2) is 4.39 Å². The van der Waals surface area contributed by atoms with Gasteiger partial charge in [-0.15, -0.1) is 10.2 Å². The summed E-state index contributed by atoms with van der Waals surface area (Å²) in [6.45, 7) is 0.606. The third kappa shape index (κ3) is 3.56. The number of hydrogen-bond donors (Lipinski definition) is 0. The fraction of sp³-hybridized carbons (Fsp3) is 0.333. The lowest BCUT2D eigenvalue weighted by atomic mass is 10.2. The van der Waals surface area contributed by atoms with E-state index in [1.807, 2.05) is 12.1 Å². The van der Waals surface area contributed by atoms with Crippen molar-refractivity contribution in [2.45, 2.75) is 36.2 Å². The molecule has 3 aromatic rings. The second-order valence-electron chi connectivity index (χ2n) is 6.03. The average molecular weight is 359 g/mol. The molecule has 0 radical (unpaired) electrons. The Hall–Kier alpha value is -2.28. The summed E-state index contributed by atoms with van der Waals surface area (Å²) in [5.74, 6) is 3.32. The molecule has 1 fully saturated rings. The van der Waals surface area contributed by atoms with Crippen LogP contribution < -0.4 is 4.74 Å². The molecule has 0 saturated heterocycles. The number of methoxy groups -OCH3 is 1. The molecule has 0 amide bonds. The van der Waals surface area contributed by atoms with E-state index in [4.69, 9.17) is 9.15 Å². The summed E-state index contributed by atoms with van der Waals surface area (Å²) >= 11 is 1.53. The van der Waals surface area contributed by atoms with Crippen LogP contribution in [0.5, 0.6) is 5.75 Å². The van der Waals surface area contributed by atoms with Gasteiger partial charge >= 0.3 is 0 Å². The van der Waals surface area contributed by atoms with Crippen molar-refractivity contribution < 1.29 is 13.5 Å². The molecule has 7 heteroatoms.